The van der Waals surface area contributed by atoms with Crippen LogP contribution < -0.4 is 5.32 Å². The fourth-order valence-electron chi connectivity index (χ4n) is 3.62. The van der Waals surface area contributed by atoms with E-state index in [1.807, 2.05) is 26.0 Å². The molecule has 0 aliphatic carbocycles. The van der Waals surface area contributed by atoms with Crippen LogP contribution in [0, 0.1) is 20.8 Å². The van der Waals surface area contributed by atoms with Crippen molar-refractivity contribution < 1.29 is 14.3 Å². The van der Waals surface area contributed by atoms with E-state index in [-0.39, 0.29) is 12.0 Å². The van der Waals surface area contributed by atoms with Gasteiger partial charge in [-0.05, 0) is 63.8 Å². The van der Waals surface area contributed by atoms with Crippen LogP contribution in [-0.2, 0) is 9.47 Å². The van der Waals surface area contributed by atoms with Crippen molar-refractivity contribution in [1.82, 2.24) is 9.88 Å². The summed E-state index contributed by atoms with van der Waals surface area (Å²) in [6.45, 7) is 8.86. The van der Waals surface area contributed by atoms with E-state index in [0.29, 0.717) is 19.8 Å². The monoisotopic (exact) mass is 370 g/mol. The minimum absolute atomic E-state index is 0.0267. The van der Waals surface area contributed by atoms with E-state index in [2.05, 4.69) is 35.0 Å². The molecule has 1 atom stereocenters. The third-order valence-corrected chi connectivity index (χ3v) is 5.01. The molecule has 1 unspecified atom stereocenters. The first-order valence-electron chi connectivity index (χ1n) is 9.80. The topological polar surface area (TPSA) is 52.5 Å². The molecule has 5 nitrogen and oxygen atoms in total. The smallest absolute Gasteiger partial charge is 0.253 e. The average Bonchev–Trinajstić information content (AvgIpc) is 3.25. The van der Waals surface area contributed by atoms with Crippen molar-refractivity contribution >= 4 is 5.91 Å². The van der Waals surface area contributed by atoms with Crippen LogP contribution in [0.1, 0.15) is 46.6 Å². The summed E-state index contributed by atoms with van der Waals surface area (Å²) in [5.41, 5.74) is 5.04. The molecule has 1 saturated heterocycles. The Labute approximate surface area is 161 Å². The number of nitrogens with one attached hydrogen (secondary N) is 1. The zero-order chi connectivity index (χ0) is 19.2. The van der Waals surface area contributed by atoms with Crippen LogP contribution in [0.25, 0.3) is 5.69 Å². The van der Waals surface area contributed by atoms with Crippen molar-refractivity contribution in [1.29, 1.82) is 0 Å². The van der Waals surface area contributed by atoms with Crippen molar-refractivity contribution in [2.24, 2.45) is 0 Å². The van der Waals surface area contributed by atoms with Gasteiger partial charge in [0.15, 0.2) is 0 Å². The number of hydrogen-bond acceptors (Lipinski definition) is 3. The lowest BCUT2D eigenvalue weighted by Gasteiger charge is -2.11. The summed E-state index contributed by atoms with van der Waals surface area (Å²) in [5, 5.41) is 3.01. The molecule has 146 valence electrons. The first-order chi connectivity index (χ1) is 13.1. The number of hydrogen-bond donors (Lipinski definition) is 1. The maximum Gasteiger partial charge on any atom is 0.253 e. The average molecular weight is 370 g/mol. The number of amides is 1. The Kier molecular flexibility index (Phi) is 6.69. The van der Waals surface area contributed by atoms with Crippen molar-refractivity contribution in [2.45, 2.75) is 46.1 Å². The van der Waals surface area contributed by atoms with Gasteiger partial charge in [-0.2, -0.15) is 0 Å². The molecule has 1 N–H and O–H groups in total. The lowest BCUT2D eigenvalue weighted by Crippen LogP contribution is -2.26. The van der Waals surface area contributed by atoms with Gasteiger partial charge in [-0.15, -0.1) is 0 Å². The lowest BCUT2D eigenvalue weighted by atomic mass is 10.2. The summed E-state index contributed by atoms with van der Waals surface area (Å²) in [4.78, 5) is 12.6. The van der Waals surface area contributed by atoms with Crippen molar-refractivity contribution in [3.8, 4) is 5.69 Å². The summed E-state index contributed by atoms with van der Waals surface area (Å²) in [5.74, 6) is -0.0267. The van der Waals surface area contributed by atoms with E-state index in [1.165, 1.54) is 5.56 Å². The van der Waals surface area contributed by atoms with Gasteiger partial charge < -0.3 is 19.4 Å². The summed E-state index contributed by atoms with van der Waals surface area (Å²) in [6, 6.07) is 10.3. The highest BCUT2D eigenvalue weighted by molar-refractivity contribution is 5.95. The Balaban J connectivity index is 1.50. The first kappa shape index (κ1) is 19.6. The second-order valence-corrected chi connectivity index (χ2v) is 7.28. The summed E-state index contributed by atoms with van der Waals surface area (Å²) in [6.07, 6.45) is 3.28. The first-order valence-corrected chi connectivity index (χ1v) is 9.80. The molecule has 1 aromatic heterocycles. The van der Waals surface area contributed by atoms with E-state index in [0.717, 1.165) is 48.5 Å². The van der Waals surface area contributed by atoms with Crippen LogP contribution in [0.2, 0.25) is 0 Å². The van der Waals surface area contributed by atoms with Crippen LogP contribution in [0.15, 0.2) is 30.3 Å². The SMILES string of the molecule is Cc1cccc(-n2c(C)cc(C(=O)NCCCOCC3CCCO3)c2C)c1. The quantitative estimate of drug-likeness (QED) is 0.721. The number of benzene rings is 1. The summed E-state index contributed by atoms with van der Waals surface area (Å²) >= 11 is 0. The molecular weight excluding hydrogens is 340 g/mol. The lowest BCUT2D eigenvalue weighted by molar-refractivity contribution is 0.0166. The van der Waals surface area contributed by atoms with E-state index in [4.69, 9.17) is 9.47 Å². The number of aromatic nitrogens is 1. The van der Waals surface area contributed by atoms with Gasteiger partial charge in [-0.1, -0.05) is 12.1 Å². The highest BCUT2D eigenvalue weighted by atomic mass is 16.5. The molecule has 2 aromatic rings. The van der Waals surface area contributed by atoms with Crippen LogP contribution >= 0.6 is 0 Å². The van der Waals surface area contributed by atoms with Gasteiger partial charge in [0, 0.05) is 36.8 Å². The predicted octanol–water partition coefficient (Wildman–Crippen LogP) is 3.72. The minimum atomic E-state index is -0.0267. The number of ether oxygens (including phenoxy) is 2. The molecule has 27 heavy (non-hydrogen) atoms. The largest absolute Gasteiger partial charge is 0.379 e. The molecule has 0 radical (unpaired) electrons. The standard InChI is InChI=1S/C22H30N2O3/c1-16-7-4-8-19(13-16)24-17(2)14-21(18(24)3)22(25)23-10-6-11-26-15-20-9-5-12-27-20/h4,7-8,13-14,20H,5-6,9-12,15H2,1-3H3,(H,23,25). The van der Waals surface area contributed by atoms with E-state index >= 15 is 0 Å². The third kappa shape index (κ3) is 4.99. The number of carbonyl (C=O) groups is 1. The molecule has 2 heterocycles. The van der Waals surface area contributed by atoms with Gasteiger partial charge in [-0.3, -0.25) is 4.79 Å². The van der Waals surface area contributed by atoms with Crippen molar-refractivity contribution in [3.05, 3.63) is 52.8 Å². The highest BCUT2D eigenvalue weighted by Gasteiger charge is 2.17. The summed E-state index contributed by atoms with van der Waals surface area (Å²) < 4.78 is 13.3. The zero-order valence-corrected chi connectivity index (χ0v) is 16.6. The number of carbonyl (C=O) groups excluding carboxylic acids is 1. The Morgan fingerprint density at radius 3 is 2.89 bits per heavy atom. The van der Waals surface area contributed by atoms with Crippen LogP contribution in [0.4, 0.5) is 0 Å². The number of nitrogens with zero attached hydrogens (tertiary/aromatic N) is 1. The van der Waals surface area contributed by atoms with Gasteiger partial charge in [0.2, 0.25) is 0 Å². The molecule has 1 aliphatic rings. The zero-order valence-electron chi connectivity index (χ0n) is 16.6. The Bertz CT molecular complexity index is 776. The Morgan fingerprint density at radius 1 is 1.30 bits per heavy atom. The fraction of sp³-hybridized carbons (Fsp3) is 0.500. The van der Waals surface area contributed by atoms with Gasteiger partial charge in [0.25, 0.3) is 5.91 Å². The van der Waals surface area contributed by atoms with Crippen molar-refractivity contribution in [3.63, 3.8) is 0 Å². The van der Waals surface area contributed by atoms with Gasteiger partial charge in [0.05, 0.1) is 18.3 Å². The van der Waals surface area contributed by atoms with Gasteiger partial charge >= 0.3 is 0 Å². The molecule has 3 rings (SSSR count). The maximum absolute atomic E-state index is 12.6. The molecule has 1 amide bonds. The Hall–Kier alpha value is -2.11. The molecule has 1 fully saturated rings. The molecule has 0 saturated carbocycles. The third-order valence-electron chi connectivity index (χ3n) is 5.01. The van der Waals surface area contributed by atoms with E-state index in [9.17, 15) is 4.79 Å². The second-order valence-electron chi connectivity index (χ2n) is 7.28. The molecule has 0 bridgehead atoms. The van der Waals surface area contributed by atoms with Gasteiger partial charge in [0.1, 0.15) is 0 Å². The molecule has 0 spiro atoms. The number of rotatable bonds is 8. The van der Waals surface area contributed by atoms with E-state index < -0.39 is 0 Å². The van der Waals surface area contributed by atoms with Crippen molar-refractivity contribution in [2.75, 3.05) is 26.4 Å². The summed E-state index contributed by atoms with van der Waals surface area (Å²) in [7, 11) is 0. The van der Waals surface area contributed by atoms with Crippen LogP contribution in [0.5, 0.6) is 0 Å². The van der Waals surface area contributed by atoms with Crippen LogP contribution in [0.3, 0.4) is 0 Å². The van der Waals surface area contributed by atoms with Gasteiger partial charge in [-0.25, -0.2) is 0 Å². The van der Waals surface area contributed by atoms with Crippen LogP contribution in [-0.4, -0.2) is 42.9 Å². The van der Waals surface area contributed by atoms with E-state index in [1.54, 1.807) is 0 Å². The Morgan fingerprint density at radius 2 is 2.15 bits per heavy atom. The predicted molar refractivity (Wildman–Crippen MR) is 107 cm³/mol. The molecule has 1 aromatic carbocycles. The highest BCUT2D eigenvalue weighted by Crippen LogP contribution is 2.21. The number of aryl methyl sites for hydroxylation is 2. The second kappa shape index (κ2) is 9.20. The molecule has 5 heteroatoms. The fourth-order valence-corrected chi connectivity index (χ4v) is 3.62. The normalized spacial score (nSPS) is 16.6. The molecular formula is C22H30N2O3. The molecule has 1 aliphatic heterocycles. The maximum atomic E-state index is 12.6. The minimum Gasteiger partial charge on any atom is -0.379 e.